The van der Waals surface area contributed by atoms with Gasteiger partial charge >= 0.3 is 37.8 Å². The second-order valence-corrected chi connectivity index (χ2v) is 2.07. The van der Waals surface area contributed by atoms with Crippen molar-refractivity contribution in [3.05, 3.63) is 0 Å². The smallest absolute Gasteiger partial charge is 0.566 e. The van der Waals surface area contributed by atoms with Crippen molar-refractivity contribution in [2.45, 2.75) is 13.0 Å². The molecule has 0 saturated carbocycles. The molecular formula is C3H7NaO4P+. The fourth-order valence-electron chi connectivity index (χ4n) is 0.169. The van der Waals surface area contributed by atoms with E-state index in [0.29, 0.717) is 0 Å². The van der Waals surface area contributed by atoms with Crippen LogP contribution in [0, 0.1) is 0 Å². The number of aliphatic hydroxyl groups is 1. The normalized spacial score (nSPS) is 13.9. The molecule has 0 bridgehead atoms. The molecule has 0 saturated heterocycles. The zero-order valence-corrected chi connectivity index (χ0v) is 8.30. The Hall–Kier alpha value is 0.980. The molecule has 0 aromatic carbocycles. The molecule has 0 heterocycles. The molecule has 0 rings (SSSR count). The third-order valence-electron chi connectivity index (χ3n) is 0.421. The van der Waals surface area contributed by atoms with Gasteiger partial charge in [-0.15, -0.1) is 4.52 Å². The number of hydrogen-bond acceptors (Lipinski definition) is 4. The summed E-state index contributed by atoms with van der Waals surface area (Å²) in [4.78, 5) is 9.61. The van der Waals surface area contributed by atoms with Crippen molar-refractivity contribution >= 4 is 8.25 Å². The summed E-state index contributed by atoms with van der Waals surface area (Å²) >= 11 is 0. The average Bonchev–Trinajstić information content (AvgIpc) is 1.61. The van der Waals surface area contributed by atoms with Crippen LogP contribution in [0.5, 0.6) is 0 Å². The van der Waals surface area contributed by atoms with E-state index in [2.05, 4.69) is 4.52 Å². The van der Waals surface area contributed by atoms with Crippen molar-refractivity contribution in [2.24, 2.45) is 0 Å². The molecular weight excluding hydrogens is 154 g/mol. The van der Waals surface area contributed by atoms with Gasteiger partial charge in [-0.2, -0.15) is 0 Å². The number of hydrogen-bond donors (Lipinski definition) is 1. The fraction of sp³-hybridized carbons (Fsp3) is 1.00. The zero-order valence-electron chi connectivity index (χ0n) is 5.40. The maximum Gasteiger partial charge on any atom is 1.00 e. The summed E-state index contributed by atoms with van der Waals surface area (Å²) in [5.74, 6) is 0. The molecule has 0 aliphatic heterocycles. The number of rotatable bonds is 3. The van der Waals surface area contributed by atoms with Crippen molar-refractivity contribution in [1.29, 1.82) is 0 Å². The molecule has 1 N–H and O–H groups in total. The van der Waals surface area contributed by atoms with E-state index in [4.69, 9.17) is 5.11 Å². The predicted molar refractivity (Wildman–Crippen MR) is 25.2 cm³/mol. The molecule has 9 heavy (non-hydrogen) atoms. The third kappa shape index (κ3) is 12.2. The van der Waals surface area contributed by atoms with Crippen molar-refractivity contribution in [2.75, 3.05) is 6.61 Å². The van der Waals surface area contributed by atoms with E-state index in [0.717, 1.165) is 0 Å². The Morgan fingerprint density at radius 1 is 1.89 bits per heavy atom. The minimum Gasteiger partial charge on any atom is -0.566 e. The van der Waals surface area contributed by atoms with E-state index in [9.17, 15) is 9.46 Å². The third-order valence-corrected chi connectivity index (χ3v) is 0.781. The monoisotopic (exact) mass is 161 g/mol. The van der Waals surface area contributed by atoms with Gasteiger partial charge in [0.1, 0.15) is 6.61 Å². The van der Waals surface area contributed by atoms with Gasteiger partial charge in [0.05, 0.1) is 6.10 Å². The van der Waals surface area contributed by atoms with Gasteiger partial charge in [-0.3, -0.25) is 0 Å². The number of aliphatic hydroxyl groups excluding tert-OH is 1. The largest absolute Gasteiger partial charge is 1.00 e. The van der Waals surface area contributed by atoms with Crippen LogP contribution >= 0.6 is 8.25 Å². The first-order valence-corrected chi connectivity index (χ1v) is 3.18. The molecule has 0 fully saturated rings. The van der Waals surface area contributed by atoms with Crippen LogP contribution in [0.1, 0.15) is 6.92 Å². The van der Waals surface area contributed by atoms with Crippen molar-refractivity contribution in [3.63, 3.8) is 0 Å². The standard InChI is InChI=1S/C3H7O4P.Na/c1-3(4)2-7-8(5)6;/h3-4H,2H2,1H3;/q;+1. The molecule has 2 unspecified atom stereocenters. The van der Waals surface area contributed by atoms with Crippen LogP contribution < -0.4 is 34.5 Å². The molecule has 0 aromatic rings. The second-order valence-electron chi connectivity index (χ2n) is 1.37. The molecule has 0 aromatic heterocycles. The second kappa shape index (κ2) is 7.09. The van der Waals surface area contributed by atoms with E-state index in [1.165, 1.54) is 6.92 Å². The van der Waals surface area contributed by atoms with Crippen LogP contribution in [0.4, 0.5) is 0 Å². The van der Waals surface area contributed by atoms with Crippen molar-refractivity contribution in [1.82, 2.24) is 0 Å². The van der Waals surface area contributed by atoms with E-state index in [-0.39, 0.29) is 36.2 Å². The molecule has 6 heteroatoms. The molecule has 0 aliphatic rings. The Balaban J connectivity index is 0. The molecule has 48 valence electrons. The Bertz CT molecular complexity index is 85.9. The van der Waals surface area contributed by atoms with Gasteiger partial charge in [0.15, 0.2) is 0 Å². The summed E-state index contributed by atoms with van der Waals surface area (Å²) < 4.78 is 13.6. The van der Waals surface area contributed by atoms with Crippen molar-refractivity contribution < 1.29 is 48.6 Å². The van der Waals surface area contributed by atoms with Gasteiger partial charge in [0.2, 0.25) is 0 Å². The van der Waals surface area contributed by atoms with E-state index >= 15 is 0 Å². The summed E-state index contributed by atoms with van der Waals surface area (Å²) in [5.41, 5.74) is 0. The minimum absolute atomic E-state index is 0. The van der Waals surface area contributed by atoms with Crippen LogP contribution in [0.15, 0.2) is 0 Å². The van der Waals surface area contributed by atoms with Crippen LogP contribution in [0.3, 0.4) is 0 Å². The summed E-state index contributed by atoms with van der Waals surface area (Å²) in [7, 11) is -2.79. The zero-order chi connectivity index (χ0) is 6.57. The van der Waals surface area contributed by atoms with Crippen LogP contribution in [0.2, 0.25) is 0 Å². The Morgan fingerprint density at radius 2 is 2.33 bits per heavy atom. The molecule has 0 amide bonds. The van der Waals surface area contributed by atoms with Gasteiger partial charge in [-0.05, 0) is 11.5 Å². The van der Waals surface area contributed by atoms with Gasteiger partial charge in [0, 0.05) is 0 Å². The fourth-order valence-corrected chi connectivity index (χ4v) is 0.506. The molecule has 2 atom stereocenters. The van der Waals surface area contributed by atoms with Crippen LogP contribution in [-0.2, 0) is 9.09 Å². The maximum atomic E-state index is 9.61. The summed E-state index contributed by atoms with van der Waals surface area (Å²) in [5, 5.41) is 8.41. The van der Waals surface area contributed by atoms with Gasteiger partial charge in [-0.25, -0.2) is 0 Å². The van der Waals surface area contributed by atoms with E-state index in [1.807, 2.05) is 0 Å². The Morgan fingerprint density at radius 3 is 2.44 bits per heavy atom. The average molecular weight is 161 g/mol. The van der Waals surface area contributed by atoms with Crippen LogP contribution in [0.25, 0.3) is 0 Å². The van der Waals surface area contributed by atoms with Gasteiger partial charge in [-0.1, -0.05) is 0 Å². The van der Waals surface area contributed by atoms with Crippen molar-refractivity contribution in [3.8, 4) is 0 Å². The Labute approximate surface area is 76.5 Å². The summed E-state index contributed by atoms with van der Waals surface area (Å²) in [6.07, 6.45) is -0.720. The minimum atomic E-state index is -2.79. The molecule has 0 aliphatic carbocycles. The predicted octanol–water partition coefficient (Wildman–Crippen LogP) is -3.59. The Kier molecular flexibility index (Phi) is 9.96. The van der Waals surface area contributed by atoms with Gasteiger partial charge < -0.3 is 10.00 Å². The van der Waals surface area contributed by atoms with Gasteiger partial charge in [0.25, 0.3) is 0 Å². The maximum absolute atomic E-state index is 9.61. The van der Waals surface area contributed by atoms with E-state index < -0.39 is 14.4 Å². The summed E-state index contributed by atoms with van der Waals surface area (Å²) in [6, 6.07) is 0. The summed E-state index contributed by atoms with van der Waals surface area (Å²) in [6.45, 7) is 1.29. The van der Waals surface area contributed by atoms with E-state index in [1.54, 1.807) is 0 Å². The topological polar surface area (TPSA) is 69.6 Å². The first-order chi connectivity index (χ1) is 3.63. The quantitative estimate of drug-likeness (QED) is 0.343. The SMILES string of the molecule is CC(O)CO[P+](=O)[O-].[Na+]. The molecule has 0 spiro atoms. The first-order valence-electron chi connectivity index (χ1n) is 2.08. The molecule has 4 nitrogen and oxygen atoms in total. The molecule has 0 radical (unpaired) electrons. The van der Waals surface area contributed by atoms with Crippen LogP contribution in [-0.4, -0.2) is 17.8 Å². The first kappa shape index (κ1) is 12.6.